The highest BCUT2D eigenvalue weighted by Gasteiger charge is 2.41. The molecule has 36 heavy (non-hydrogen) atoms. The Morgan fingerprint density at radius 1 is 0.889 bits per heavy atom. The second-order valence-corrected chi connectivity index (χ2v) is 12.4. The van der Waals surface area contributed by atoms with E-state index in [-0.39, 0.29) is 16.4 Å². The first kappa shape index (κ1) is 26.9. The van der Waals surface area contributed by atoms with Crippen molar-refractivity contribution in [1.29, 1.82) is 0 Å². The van der Waals surface area contributed by atoms with Crippen LogP contribution in [-0.2, 0) is 31.3 Å². The summed E-state index contributed by atoms with van der Waals surface area (Å²) in [4.78, 5) is 0.198. The monoisotopic (exact) mass is 524 g/mol. The Bertz CT molecular complexity index is 1120. The highest BCUT2D eigenvalue weighted by atomic mass is 32.3. The average Bonchev–Trinajstić information content (AvgIpc) is 3.43. The van der Waals surface area contributed by atoms with Crippen molar-refractivity contribution in [3.63, 3.8) is 0 Å². The molecular formula is C30H36O4S2. The predicted octanol–water partition coefficient (Wildman–Crippen LogP) is 7.17. The third kappa shape index (κ3) is 7.45. The standard InChI is InChI=1S/C30H36O4S2/c1-25-16-18-28(19-17-25)36(31,32)34-35-22-9-8-20-30(29-15-10-21-33-29,23-26-11-4-2-5-12-26)24-27-13-6-3-7-14-27/h2-7,11-14,16-19,29H,8-10,15,20-24H2,1H3. The summed E-state index contributed by atoms with van der Waals surface area (Å²) >= 11 is 1.03. The second kappa shape index (κ2) is 12.9. The summed E-state index contributed by atoms with van der Waals surface area (Å²) in [7, 11) is -3.74. The molecule has 4 rings (SSSR count). The van der Waals surface area contributed by atoms with Crippen molar-refractivity contribution in [3.8, 4) is 0 Å². The van der Waals surface area contributed by atoms with Crippen LogP contribution in [0.4, 0.5) is 0 Å². The molecule has 1 unspecified atom stereocenters. The summed E-state index contributed by atoms with van der Waals surface area (Å²) in [5, 5.41) is 0. The zero-order chi connectivity index (χ0) is 25.3. The maximum absolute atomic E-state index is 12.5. The van der Waals surface area contributed by atoms with Crippen LogP contribution in [0.1, 0.15) is 48.8 Å². The minimum Gasteiger partial charge on any atom is -0.378 e. The van der Waals surface area contributed by atoms with E-state index in [1.165, 1.54) is 11.1 Å². The molecule has 0 radical (unpaired) electrons. The number of benzene rings is 3. The molecule has 0 aromatic heterocycles. The summed E-state index contributed by atoms with van der Waals surface area (Å²) in [6.07, 6.45) is 7.25. The van der Waals surface area contributed by atoms with Crippen LogP contribution in [0, 0.1) is 12.3 Å². The normalized spacial score (nSPS) is 16.3. The maximum Gasteiger partial charge on any atom is 0.307 e. The first-order valence-corrected chi connectivity index (χ1v) is 15.1. The molecule has 4 nitrogen and oxygen atoms in total. The lowest BCUT2D eigenvalue weighted by Gasteiger charge is -2.39. The third-order valence-corrected chi connectivity index (χ3v) is 9.42. The van der Waals surface area contributed by atoms with Crippen molar-refractivity contribution in [1.82, 2.24) is 0 Å². The molecule has 192 valence electrons. The molecule has 3 aromatic carbocycles. The van der Waals surface area contributed by atoms with Crippen LogP contribution in [0.3, 0.4) is 0 Å². The van der Waals surface area contributed by atoms with Crippen molar-refractivity contribution in [2.75, 3.05) is 12.4 Å². The molecule has 3 aromatic rings. The van der Waals surface area contributed by atoms with Gasteiger partial charge in [0, 0.05) is 29.8 Å². The molecule has 1 saturated heterocycles. The summed E-state index contributed by atoms with van der Waals surface area (Å²) in [6.45, 7) is 2.76. The van der Waals surface area contributed by atoms with Gasteiger partial charge in [-0.05, 0) is 68.7 Å². The molecule has 0 amide bonds. The van der Waals surface area contributed by atoms with E-state index in [2.05, 4.69) is 60.7 Å². The van der Waals surface area contributed by atoms with Crippen LogP contribution in [0.15, 0.2) is 89.8 Å². The van der Waals surface area contributed by atoms with Gasteiger partial charge in [0.15, 0.2) is 0 Å². The molecule has 1 aliphatic rings. The van der Waals surface area contributed by atoms with Gasteiger partial charge in [0.25, 0.3) is 0 Å². The topological polar surface area (TPSA) is 52.6 Å². The number of hydrogen-bond donors (Lipinski definition) is 0. The van der Waals surface area contributed by atoms with Crippen LogP contribution in [0.2, 0.25) is 0 Å². The van der Waals surface area contributed by atoms with Gasteiger partial charge in [-0.15, -0.1) is 0 Å². The fourth-order valence-corrected chi connectivity index (χ4v) is 7.06. The highest BCUT2D eigenvalue weighted by Crippen LogP contribution is 2.42. The van der Waals surface area contributed by atoms with Gasteiger partial charge in [0.2, 0.25) is 0 Å². The molecule has 0 spiro atoms. The molecule has 1 fully saturated rings. The van der Waals surface area contributed by atoms with Gasteiger partial charge in [-0.25, -0.2) is 0 Å². The Hall–Kier alpha value is -2.12. The minimum absolute atomic E-state index is 0.00128. The molecule has 0 bridgehead atoms. The molecule has 0 saturated carbocycles. The maximum atomic E-state index is 12.5. The molecule has 6 heteroatoms. The molecule has 1 heterocycles. The zero-order valence-electron chi connectivity index (χ0n) is 21.0. The van der Waals surface area contributed by atoms with Crippen molar-refractivity contribution in [3.05, 3.63) is 102 Å². The Kier molecular flexibility index (Phi) is 9.66. The summed E-state index contributed by atoms with van der Waals surface area (Å²) in [5.74, 6) is 0.628. The Morgan fingerprint density at radius 3 is 2.06 bits per heavy atom. The van der Waals surface area contributed by atoms with Crippen LogP contribution < -0.4 is 0 Å². The van der Waals surface area contributed by atoms with E-state index in [1.54, 1.807) is 24.3 Å². The van der Waals surface area contributed by atoms with E-state index in [1.807, 2.05) is 6.92 Å². The zero-order valence-corrected chi connectivity index (χ0v) is 22.6. The number of unbranched alkanes of at least 4 members (excludes halogenated alkanes) is 1. The van der Waals surface area contributed by atoms with Crippen LogP contribution in [-0.4, -0.2) is 26.9 Å². The van der Waals surface area contributed by atoms with E-state index in [4.69, 9.17) is 8.37 Å². The first-order valence-electron chi connectivity index (χ1n) is 12.8. The first-order chi connectivity index (χ1) is 17.5. The predicted molar refractivity (Wildman–Crippen MR) is 147 cm³/mol. The Labute approximate surface area is 220 Å². The fourth-order valence-electron chi connectivity index (χ4n) is 5.17. The van der Waals surface area contributed by atoms with Gasteiger partial charge in [0.05, 0.1) is 11.0 Å². The van der Waals surface area contributed by atoms with Gasteiger partial charge in [-0.2, -0.15) is 12.0 Å². The van der Waals surface area contributed by atoms with Crippen LogP contribution in [0.5, 0.6) is 0 Å². The smallest absolute Gasteiger partial charge is 0.307 e. The lowest BCUT2D eigenvalue weighted by atomic mass is 9.68. The molecule has 0 N–H and O–H groups in total. The number of hydrogen-bond acceptors (Lipinski definition) is 5. The van der Waals surface area contributed by atoms with E-state index in [0.717, 1.165) is 69.2 Å². The van der Waals surface area contributed by atoms with Gasteiger partial charge in [0.1, 0.15) is 0 Å². The number of aryl methyl sites for hydroxylation is 1. The third-order valence-electron chi connectivity index (χ3n) is 7.01. The lowest BCUT2D eigenvalue weighted by Crippen LogP contribution is -2.39. The quantitative estimate of drug-likeness (QED) is 0.175. The van der Waals surface area contributed by atoms with Gasteiger partial charge in [-0.3, -0.25) is 0 Å². The molecular weight excluding hydrogens is 488 g/mol. The van der Waals surface area contributed by atoms with E-state index in [0.29, 0.717) is 5.75 Å². The van der Waals surface area contributed by atoms with Crippen molar-refractivity contribution >= 4 is 22.2 Å². The SMILES string of the molecule is Cc1ccc(S(=O)(=O)OSCCCCC(Cc2ccccc2)(Cc2ccccc2)C2CCCO2)cc1. The molecule has 1 aliphatic heterocycles. The van der Waals surface area contributed by atoms with Crippen molar-refractivity contribution in [2.45, 2.75) is 62.9 Å². The van der Waals surface area contributed by atoms with Crippen molar-refractivity contribution in [2.24, 2.45) is 5.41 Å². The molecule has 0 aliphatic carbocycles. The largest absolute Gasteiger partial charge is 0.378 e. The van der Waals surface area contributed by atoms with Gasteiger partial charge < -0.3 is 4.74 Å². The van der Waals surface area contributed by atoms with Gasteiger partial charge in [-0.1, -0.05) is 84.8 Å². The van der Waals surface area contributed by atoms with E-state index in [9.17, 15) is 8.42 Å². The lowest BCUT2D eigenvalue weighted by molar-refractivity contribution is -0.00867. The Morgan fingerprint density at radius 2 is 1.50 bits per heavy atom. The highest BCUT2D eigenvalue weighted by molar-refractivity contribution is 8.04. The average molecular weight is 525 g/mol. The summed E-state index contributed by atoms with van der Waals surface area (Å²) in [6, 6.07) is 28.2. The van der Waals surface area contributed by atoms with Gasteiger partial charge >= 0.3 is 10.1 Å². The fraction of sp³-hybridized carbons (Fsp3) is 0.400. The minimum atomic E-state index is -3.74. The summed E-state index contributed by atoms with van der Waals surface area (Å²) in [5.41, 5.74) is 3.69. The second-order valence-electron chi connectivity index (χ2n) is 9.80. The number of ether oxygens (including phenoxy) is 1. The van der Waals surface area contributed by atoms with Crippen LogP contribution in [0.25, 0.3) is 0 Å². The van der Waals surface area contributed by atoms with E-state index < -0.39 is 10.1 Å². The van der Waals surface area contributed by atoms with Crippen molar-refractivity contribution < 1.29 is 16.8 Å². The van der Waals surface area contributed by atoms with Crippen LogP contribution >= 0.6 is 12.0 Å². The summed E-state index contributed by atoms with van der Waals surface area (Å²) < 4.78 is 36.5. The Balaban J connectivity index is 1.40. The number of rotatable bonds is 13. The van der Waals surface area contributed by atoms with E-state index >= 15 is 0 Å². The molecule has 1 atom stereocenters.